The maximum Gasteiger partial charge on any atom is 0.414 e. The Bertz CT molecular complexity index is 789. The lowest BCUT2D eigenvalue weighted by molar-refractivity contribution is -0.152. The molecule has 0 radical (unpaired) electrons. The number of rotatable bonds is 3. The fraction of sp³-hybridized carbons (Fsp3) is 0.652. The average Bonchev–Trinajstić information content (AvgIpc) is 2.68. The Kier molecular flexibility index (Phi) is 6.11. The van der Waals surface area contributed by atoms with E-state index in [1.807, 2.05) is 13.0 Å². The summed E-state index contributed by atoms with van der Waals surface area (Å²) in [5, 5.41) is 0. The van der Waals surface area contributed by atoms with Crippen molar-refractivity contribution in [1.82, 2.24) is 0 Å². The molecule has 6 nitrogen and oxygen atoms in total. The molecule has 2 aliphatic rings. The largest absolute Gasteiger partial charge is 0.469 e. The van der Waals surface area contributed by atoms with Crippen LogP contribution in [-0.4, -0.2) is 32.3 Å². The lowest BCUT2D eigenvalue weighted by Gasteiger charge is -2.41. The molecule has 1 aromatic carbocycles. The van der Waals surface area contributed by atoms with Gasteiger partial charge in [-0.15, -0.1) is 0 Å². The fourth-order valence-electron chi connectivity index (χ4n) is 5.31. The van der Waals surface area contributed by atoms with Crippen LogP contribution >= 0.6 is 0 Å². The molecule has 0 bridgehead atoms. The van der Waals surface area contributed by atoms with Gasteiger partial charge in [0.25, 0.3) is 0 Å². The smallest absolute Gasteiger partial charge is 0.414 e. The van der Waals surface area contributed by atoms with Crippen molar-refractivity contribution in [1.29, 1.82) is 0 Å². The molecule has 1 aromatic rings. The molecular weight excluding hydrogens is 368 g/mol. The zero-order valence-corrected chi connectivity index (χ0v) is 18.3. The van der Waals surface area contributed by atoms with E-state index in [1.165, 1.54) is 14.2 Å². The van der Waals surface area contributed by atoms with Gasteiger partial charge >= 0.3 is 12.1 Å². The van der Waals surface area contributed by atoms with Crippen molar-refractivity contribution in [3.63, 3.8) is 0 Å². The highest BCUT2D eigenvalue weighted by atomic mass is 16.5. The Morgan fingerprint density at radius 3 is 2.52 bits per heavy atom. The molecule has 0 aromatic heterocycles. The summed E-state index contributed by atoms with van der Waals surface area (Å²) in [5.41, 5.74) is 10.4. The minimum atomic E-state index is -0.339. The standard InChI is InChI=1S/C23H34N2O4/c1-14-6-9-17-19(25(14)22(27)29-5)11-8-16(20(17)24)12-15-7-10-18(21(26)28-4)23(2,3)13-15/h8,11,14-15,18H,6-7,9-10,12-13,24H2,1-5H3/t14-,15+,18+/m0/s1. The second kappa shape index (κ2) is 8.25. The molecule has 1 fully saturated rings. The number of hydrogen-bond acceptors (Lipinski definition) is 5. The van der Waals surface area contributed by atoms with E-state index < -0.39 is 0 Å². The molecule has 0 saturated heterocycles. The van der Waals surface area contributed by atoms with Gasteiger partial charge in [0.1, 0.15) is 0 Å². The molecular formula is C23H34N2O4. The average molecular weight is 403 g/mol. The molecule has 1 saturated carbocycles. The maximum atomic E-state index is 12.3. The highest BCUT2D eigenvalue weighted by Gasteiger charge is 2.41. The molecule has 29 heavy (non-hydrogen) atoms. The number of fused-ring (bicyclic) bond motifs is 1. The van der Waals surface area contributed by atoms with Gasteiger partial charge in [-0.3, -0.25) is 9.69 Å². The molecule has 3 rings (SSSR count). The molecule has 1 heterocycles. The first-order chi connectivity index (χ1) is 13.7. The molecule has 3 atom stereocenters. The molecule has 0 spiro atoms. The first kappa shape index (κ1) is 21.5. The van der Waals surface area contributed by atoms with Crippen LogP contribution < -0.4 is 10.6 Å². The Hall–Kier alpha value is -2.24. The first-order valence-corrected chi connectivity index (χ1v) is 10.5. The number of nitrogen functional groups attached to an aromatic ring is 1. The molecule has 1 aliphatic carbocycles. The molecule has 6 heteroatoms. The van der Waals surface area contributed by atoms with Crippen molar-refractivity contribution >= 4 is 23.4 Å². The van der Waals surface area contributed by atoms with Crippen LogP contribution in [0.15, 0.2) is 12.1 Å². The van der Waals surface area contributed by atoms with E-state index in [0.29, 0.717) is 5.92 Å². The van der Waals surface area contributed by atoms with Gasteiger partial charge in [0.2, 0.25) is 0 Å². The van der Waals surface area contributed by atoms with E-state index in [0.717, 1.165) is 61.0 Å². The van der Waals surface area contributed by atoms with Gasteiger partial charge in [-0.25, -0.2) is 4.79 Å². The summed E-state index contributed by atoms with van der Waals surface area (Å²) in [7, 11) is 2.88. The second-order valence-electron chi connectivity index (χ2n) is 9.28. The first-order valence-electron chi connectivity index (χ1n) is 10.5. The summed E-state index contributed by atoms with van der Waals surface area (Å²) in [6.45, 7) is 6.35. The lowest BCUT2D eigenvalue weighted by Crippen LogP contribution is -2.42. The van der Waals surface area contributed by atoms with Crippen LogP contribution in [0.25, 0.3) is 0 Å². The highest BCUT2D eigenvalue weighted by Crippen LogP contribution is 2.46. The quantitative estimate of drug-likeness (QED) is 0.601. The number of esters is 1. The number of nitrogens with two attached hydrogens (primary N) is 1. The normalized spacial score (nSPS) is 25.8. The SMILES string of the molecule is COC(=O)[C@H]1CC[C@H](Cc2ccc3c(c2N)CC[C@H](C)N3C(=O)OC)CC1(C)C. The van der Waals surface area contributed by atoms with Crippen molar-refractivity contribution in [2.75, 3.05) is 24.9 Å². The molecule has 1 aliphatic heterocycles. The number of carbonyl (C=O) groups is 2. The second-order valence-corrected chi connectivity index (χ2v) is 9.28. The van der Waals surface area contributed by atoms with Crippen LogP contribution in [0.4, 0.5) is 16.2 Å². The molecule has 2 N–H and O–H groups in total. The number of nitrogens with zero attached hydrogens (tertiary/aromatic N) is 1. The zero-order valence-electron chi connectivity index (χ0n) is 18.3. The van der Waals surface area contributed by atoms with E-state index in [4.69, 9.17) is 15.2 Å². The van der Waals surface area contributed by atoms with Crippen LogP contribution in [-0.2, 0) is 27.1 Å². The monoisotopic (exact) mass is 402 g/mol. The minimum Gasteiger partial charge on any atom is -0.469 e. The Balaban J connectivity index is 1.80. The summed E-state index contributed by atoms with van der Waals surface area (Å²) in [5.74, 6) is 0.337. The highest BCUT2D eigenvalue weighted by molar-refractivity contribution is 5.91. The van der Waals surface area contributed by atoms with Gasteiger partial charge in [-0.1, -0.05) is 19.9 Å². The summed E-state index contributed by atoms with van der Waals surface area (Å²) < 4.78 is 9.98. The lowest BCUT2D eigenvalue weighted by atomic mass is 9.64. The third-order valence-electron chi connectivity index (χ3n) is 6.92. The van der Waals surface area contributed by atoms with E-state index in [9.17, 15) is 9.59 Å². The van der Waals surface area contributed by atoms with Gasteiger partial charge in [0, 0.05) is 11.7 Å². The van der Waals surface area contributed by atoms with E-state index in [2.05, 4.69) is 19.9 Å². The summed E-state index contributed by atoms with van der Waals surface area (Å²) in [6, 6.07) is 4.16. The third-order valence-corrected chi connectivity index (χ3v) is 6.92. The number of carbonyl (C=O) groups excluding carboxylic acids is 2. The fourth-order valence-corrected chi connectivity index (χ4v) is 5.31. The summed E-state index contributed by atoms with van der Waals surface area (Å²) >= 11 is 0. The summed E-state index contributed by atoms with van der Waals surface area (Å²) in [4.78, 5) is 26.1. The topological polar surface area (TPSA) is 81.9 Å². The number of ether oxygens (including phenoxy) is 2. The van der Waals surface area contributed by atoms with Crippen LogP contribution in [0.5, 0.6) is 0 Å². The Labute approximate surface area is 173 Å². The van der Waals surface area contributed by atoms with E-state index in [-0.39, 0.29) is 29.4 Å². The minimum absolute atomic E-state index is 0.0419. The van der Waals surface area contributed by atoms with Gasteiger partial charge in [0.05, 0.1) is 25.8 Å². The summed E-state index contributed by atoms with van der Waals surface area (Å²) in [6.07, 6.45) is 5.10. The van der Waals surface area contributed by atoms with Crippen molar-refractivity contribution in [3.05, 3.63) is 23.3 Å². The zero-order chi connectivity index (χ0) is 21.3. The van der Waals surface area contributed by atoms with Crippen LogP contribution in [0.3, 0.4) is 0 Å². The molecule has 0 unspecified atom stereocenters. The van der Waals surface area contributed by atoms with E-state index >= 15 is 0 Å². The molecule has 1 amide bonds. The van der Waals surface area contributed by atoms with Crippen molar-refractivity contribution in [2.45, 2.75) is 65.3 Å². The van der Waals surface area contributed by atoms with Crippen molar-refractivity contribution < 1.29 is 19.1 Å². The number of benzene rings is 1. The van der Waals surface area contributed by atoms with Gasteiger partial charge in [-0.2, -0.15) is 0 Å². The Morgan fingerprint density at radius 1 is 1.17 bits per heavy atom. The van der Waals surface area contributed by atoms with Gasteiger partial charge < -0.3 is 15.2 Å². The van der Waals surface area contributed by atoms with Crippen molar-refractivity contribution in [3.8, 4) is 0 Å². The van der Waals surface area contributed by atoms with Crippen LogP contribution in [0.1, 0.15) is 57.6 Å². The number of amides is 1. The predicted octanol–water partition coefficient (Wildman–Crippen LogP) is 4.33. The van der Waals surface area contributed by atoms with Gasteiger partial charge in [0.15, 0.2) is 0 Å². The number of hydrogen-bond donors (Lipinski definition) is 1. The van der Waals surface area contributed by atoms with Crippen molar-refractivity contribution in [2.24, 2.45) is 17.3 Å². The van der Waals surface area contributed by atoms with Gasteiger partial charge in [-0.05, 0) is 74.0 Å². The Morgan fingerprint density at radius 2 is 1.90 bits per heavy atom. The van der Waals surface area contributed by atoms with Crippen LogP contribution in [0, 0.1) is 17.3 Å². The molecule has 160 valence electrons. The number of anilines is 2. The predicted molar refractivity (Wildman–Crippen MR) is 114 cm³/mol. The third kappa shape index (κ3) is 4.07. The maximum absolute atomic E-state index is 12.3. The number of methoxy groups -OCH3 is 2. The van der Waals surface area contributed by atoms with Crippen LogP contribution in [0.2, 0.25) is 0 Å². The van der Waals surface area contributed by atoms with E-state index in [1.54, 1.807) is 4.90 Å².